The Bertz CT molecular complexity index is 1030. The van der Waals surface area contributed by atoms with Crippen molar-refractivity contribution in [2.45, 2.75) is 12.4 Å². The zero-order chi connectivity index (χ0) is 21.2. The highest BCUT2D eigenvalue weighted by Gasteiger charge is 2.06. The Hall–Kier alpha value is -2.96. The van der Waals surface area contributed by atoms with Crippen LogP contribution in [0.3, 0.4) is 0 Å². The van der Waals surface area contributed by atoms with Gasteiger partial charge in [0.25, 0.3) is 0 Å². The van der Waals surface area contributed by atoms with Gasteiger partial charge in [0.15, 0.2) is 5.17 Å². The maximum Gasteiger partial charge on any atom is 0.180 e. The molecule has 0 spiro atoms. The molecule has 0 heterocycles. The van der Waals surface area contributed by atoms with Gasteiger partial charge in [-0.05, 0) is 47.5 Å². The molecule has 0 aliphatic heterocycles. The summed E-state index contributed by atoms with van der Waals surface area (Å²) in [7, 11) is 1.63. The Kier molecular flexibility index (Phi) is 8.18. The van der Waals surface area contributed by atoms with E-state index >= 15 is 0 Å². The molecule has 0 atom stereocenters. The van der Waals surface area contributed by atoms with E-state index in [1.807, 2.05) is 60.7 Å². The van der Waals surface area contributed by atoms with Crippen LogP contribution in [0.25, 0.3) is 0 Å². The van der Waals surface area contributed by atoms with Crippen molar-refractivity contribution in [3.63, 3.8) is 0 Å². The standard InChI is InChI=1S/C23H22ClN3O2S/c1-28-22-11-10-18(12-19(22)15-29-21-9-5-8-20(24)13-21)14-26-27-23(25)30-16-17-6-3-2-4-7-17/h2-14H,15-16H2,1H3,(H2,25,27). The van der Waals surface area contributed by atoms with Gasteiger partial charge in [-0.1, -0.05) is 59.8 Å². The van der Waals surface area contributed by atoms with Crippen LogP contribution in [0.4, 0.5) is 0 Å². The summed E-state index contributed by atoms with van der Waals surface area (Å²) >= 11 is 7.45. The fourth-order valence-electron chi connectivity index (χ4n) is 2.62. The van der Waals surface area contributed by atoms with E-state index in [1.54, 1.807) is 25.5 Å². The van der Waals surface area contributed by atoms with Gasteiger partial charge < -0.3 is 15.2 Å². The summed E-state index contributed by atoms with van der Waals surface area (Å²) < 4.78 is 11.3. The largest absolute Gasteiger partial charge is 0.496 e. The van der Waals surface area contributed by atoms with Crippen molar-refractivity contribution in [2.75, 3.05) is 7.11 Å². The Balaban J connectivity index is 1.61. The van der Waals surface area contributed by atoms with Crippen molar-refractivity contribution in [1.29, 1.82) is 0 Å². The molecule has 5 nitrogen and oxygen atoms in total. The molecule has 154 valence electrons. The minimum absolute atomic E-state index is 0.337. The van der Waals surface area contributed by atoms with Crippen LogP contribution < -0.4 is 15.2 Å². The van der Waals surface area contributed by atoms with Crippen LogP contribution in [0.15, 0.2) is 83.0 Å². The number of halogens is 1. The van der Waals surface area contributed by atoms with E-state index in [2.05, 4.69) is 10.2 Å². The monoisotopic (exact) mass is 439 g/mol. The van der Waals surface area contributed by atoms with Crippen molar-refractivity contribution >= 4 is 34.7 Å². The van der Waals surface area contributed by atoms with Gasteiger partial charge in [0, 0.05) is 16.3 Å². The molecule has 0 unspecified atom stereocenters. The van der Waals surface area contributed by atoms with E-state index < -0.39 is 0 Å². The number of methoxy groups -OCH3 is 1. The lowest BCUT2D eigenvalue weighted by Crippen LogP contribution is -2.06. The number of amidine groups is 1. The van der Waals surface area contributed by atoms with E-state index in [0.29, 0.717) is 22.5 Å². The van der Waals surface area contributed by atoms with Crippen molar-refractivity contribution in [3.8, 4) is 11.5 Å². The van der Waals surface area contributed by atoms with E-state index in [4.69, 9.17) is 26.8 Å². The normalized spacial score (nSPS) is 11.6. The Labute approximate surface area is 185 Å². The minimum Gasteiger partial charge on any atom is -0.496 e. The SMILES string of the molecule is COc1ccc(C=NN=C(N)SCc2ccccc2)cc1COc1cccc(Cl)c1. The lowest BCUT2D eigenvalue weighted by atomic mass is 10.1. The molecule has 3 aromatic rings. The van der Waals surface area contributed by atoms with Crippen LogP contribution in [0.5, 0.6) is 11.5 Å². The molecule has 0 aromatic heterocycles. The number of benzene rings is 3. The first-order valence-electron chi connectivity index (χ1n) is 9.22. The number of nitrogens with two attached hydrogens (primary N) is 1. The number of rotatable bonds is 8. The third-order valence-electron chi connectivity index (χ3n) is 4.09. The molecule has 0 radical (unpaired) electrons. The Morgan fingerprint density at radius 1 is 1.07 bits per heavy atom. The fourth-order valence-corrected chi connectivity index (χ4v) is 3.41. The van der Waals surface area contributed by atoms with Gasteiger partial charge in [-0.25, -0.2) is 0 Å². The van der Waals surface area contributed by atoms with Gasteiger partial charge in [0.05, 0.1) is 13.3 Å². The molecule has 30 heavy (non-hydrogen) atoms. The summed E-state index contributed by atoms with van der Waals surface area (Å²) in [4.78, 5) is 0. The van der Waals surface area contributed by atoms with Crippen LogP contribution in [0, 0.1) is 0 Å². The second-order valence-corrected chi connectivity index (χ2v) is 7.71. The van der Waals surface area contributed by atoms with E-state index in [1.165, 1.54) is 17.3 Å². The van der Waals surface area contributed by atoms with E-state index in [0.717, 1.165) is 22.6 Å². The first kappa shape index (κ1) is 21.7. The Morgan fingerprint density at radius 3 is 2.67 bits per heavy atom. The zero-order valence-electron chi connectivity index (χ0n) is 16.5. The first-order chi connectivity index (χ1) is 14.6. The highest BCUT2D eigenvalue weighted by atomic mass is 35.5. The van der Waals surface area contributed by atoms with Crippen molar-refractivity contribution < 1.29 is 9.47 Å². The second-order valence-electron chi connectivity index (χ2n) is 6.27. The van der Waals surface area contributed by atoms with Crippen molar-refractivity contribution in [1.82, 2.24) is 0 Å². The molecule has 0 aliphatic carbocycles. The average molecular weight is 440 g/mol. The quantitative estimate of drug-likeness (QED) is 0.285. The molecule has 0 bridgehead atoms. The van der Waals surface area contributed by atoms with Gasteiger partial charge in [-0.3, -0.25) is 0 Å². The summed E-state index contributed by atoms with van der Waals surface area (Å²) in [5.74, 6) is 2.17. The maximum absolute atomic E-state index is 6.00. The lowest BCUT2D eigenvalue weighted by molar-refractivity contribution is 0.296. The van der Waals surface area contributed by atoms with Gasteiger partial charge in [0.1, 0.15) is 18.1 Å². The van der Waals surface area contributed by atoms with Gasteiger partial charge in [-0.15, -0.1) is 5.10 Å². The first-order valence-corrected chi connectivity index (χ1v) is 10.6. The highest BCUT2D eigenvalue weighted by Crippen LogP contribution is 2.23. The molecule has 0 saturated heterocycles. The van der Waals surface area contributed by atoms with E-state index in [-0.39, 0.29) is 0 Å². The molecule has 2 N–H and O–H groups in total. The molecule has 3 aromatic carbocycles. The van der Waals surface area contributed by atoms with E-state index in [9.17, 15) is 0 Å². The van der Waals surface area contributed by atoms with Gasteiger partial charge in [-0.2, -0.15) is 5.10 Å². The summed E-state index contributed by atoms with van der Waals surface area (Å²) in [6, 6.07) is 23.1. The number of hydrogen-bond acceptors (Lipinski definition) is 5. The topological polar surface area (TPSA) is 69.2 Å². The number of hydrogen-bond donors (Lipinski definition) is 1. The van der Waals surface area contributed by atoms with Crippen LogP contribution in [0.1, 0.15) is 16.7 Å². The molecule has 0 fully saturated rings. The van der Waals surface area contributed by atoms with Crippen LogP contribution >= 0.6 is 23.4 Å². The zero-order valence-corrected chi connectivity index (χ0v) is 18.1. The fraction of sp³-hybridized carbons (Fsp3) is 0.130. The third-order valence-corrected chi connectivity index (χ3v) is 5.18. The maximum atomic E-state index is 6.00. The summed E-state index contributed by atoms with van der Waals surface area (Å²) in [5.41, 5.74) is 8.87. The smallest absolute Gasteiger partial charge is 0.180 e. The Morgan fingerprint density at radius 2 is 1.90 bits per heavy atom. The minimum atomic E-state index is 0.337. The summed E-state index contributed by atoms with van der Waals surface area (Å²) in [6.07, 6.45) is 1.65. The molecule has 3 rings (SSSR count). The lowest BCUT2D eigenvalue weighted by Gasteiger charge is -2.11. The highest BCUT2D eigenvalue weighted by molar-refractivity contribution is 8.13. The third kappa shape index (κ3) is 6.83. The molecule has 7 heteroatoms. The number of nitrogens with zero attached hydrogens (tertiary/aromatic N) is 2. The van der Waals surface area contributed by atoms with Gasteiger partial charge in [0.2, 0.25) is 0 Å². The molecular weight excluding hydrogens is 418 g/mol. The van der Waals surface area contributed by atoms with Crippen molar-refractivity contribution in [2.24, 2.45) is 15.9 Å². The van der Waals surface area contributed by atoms with Gasteiger partial charge >= 0.3 is 0 Å². The summed E-state index contributed by atoms with van der Waals surface area (Å²) in [6.45, 7) is 0.337. The van der Waals surface area contributed by atoms with Crippen LogP contribution in [-0.2, 0) is 12.4 Å². The summed E-state index contributed by atoms with van der Waals surface area (Å²) in [5, 5.41) is 9.19. The molecule has 0 amide bonds. The van der Waals surface area contributed by atoms with Crippen molar-refractivity contribution in [3.05, 3.63) is 94.5 Å². The van der Waals surface area contributed by atoms with Crippen LogP contribution in [-0.4, -0.2) is 18.5 Å². The predicted molar refractivity (Wildman–Crippen MR) is 126 cm³/mol. The molecule has 0 aliphatic rings. The average Bonchev–Trinajstić information content (AvgIpc) is 2.77. The molecule has 0 saturated carbocycles. The second kappa shape index (κ2) is 11.3. The number of thioether (sulfide) groups is 1. The van der Waals surface area contributed by atoms with Crippen LogP contribution in [0.2, 0.25) is 5.02 Å². The molecular formula is C23H22ClN3O2S. The number of ether oxygens (including phenoxy) is 2. The predicted octanol–water partition coefficient (Wildman–Crippen LogP) is 5.51.